The first-order valence-corrected chi connectivity index (χ1v) is 10.6. The number of aliphatic hydroxyl groups excluding tert-OH is 1. The van der Waals surface area contributed by atoms with Gasteiger partial charge < -0.3 is 20.8 Å². The van der Waals surface area contributed by atoms with Crippen LogP contribution in [0.2, 0.25) is 5.02 Å². The van der Waals surface area contributed by atoms with Gasteiger partial charge in [-0.05, 0) is 36.4 Å². The van der Waals surface area contributed by atoms with Gasteiger partial charge in [-0.1, -0.05) is 35.9 Å². The summed E-state index contributed by atoms with van der Waals surface area (Å²) in [5.41, 5.74) is 0.854. The van der Waals surface area contributed by atoms with E-state index in [4.69, 9.17) is 11.6 Å². The third-order valence-electron chi connectivity index (χ3n) is 6.05. The summed E-state index contributed by atoms with van der Waals surface area (Å²) in [5.74, 6) is -0.872. The van der Waals surface area contributed by atoms with E-state index in [-0.39, 0.29) is 17.5 Å². The fourth-order valence-electron chi connectivity index (χ4n) is 4.47. The predicted molar refractivity (Wildman–Crippen MR) is 121 cm³/mol. The van der Waals surface area contributed by atoms with Crippen molar-refractivity contribution in [1.29, 1.82) is 0 Å². The van der Waals surface area contributed by atoms with Gasteiger partial charge in [0.2, 0.25) is 0 Å². The molecular formula is C24H19ClFN3O4. The third kappa shape index (κ3) is 3.43. The van der Waals surface area contributed by atoms with Crippen molar-refractivity contribution in [3.63, 3.8) is 0 Å². The van der Waals surface area contributed by atoms with Crippen molar-refractivity contribution < 1.29 is 24.2 Å². The van der Waals surface area contributed by atoms with Gasteiger partial charge in [-0.15, -0.1) is 0 Å². The molecule has 2 aliphatic rings. The van der Waals surface area contributed by atoms with E-state index in [9.17, 15) is 24.2 Å². The molecule has 0 fully saturated rings. The minimum atomic E-state index is -1.58. The van der Waals surface area contributed by atoms with Gasteiger partial charge in [-0.3, -0.25) is 9.69 Å². The molecule has 9 heteroatoms. The van der Waals surface area contributed by atoms with Gasteiger partial charge >= 0.3 is 6.03 Å². The minimum absolute atomic E-state index is 0.139. The third-order valence-corrected chi connectivity index (χ3v) is 6.39. The van der Waals surface area contributed by atoms with Crippen molar-refractivity contribution in [2.45, 2.75) is 11.6 Å². The van der Waals surface area contributed by atoms with E-state index in [2.05, 4.69) is 10.6 Å². The van der Waals surface area contributed by atoms with Crippen LogP contribution in [0.25, 0.3) is 0 Å². The molecule has 0 aromatic heterocycles. The molecule has 5 rings (SSSR count). The SMILES string of the molecule is O=C1N[C@H](c2cc(F)ccc2Cl)c2c(NC(=O)N3C[C@@](O)(CO)c4ccccc43)cccc21. The van der Waals surface area contributed by atoms with Crippen LogP contribution < -0.4 is 15.5 Å². The number of nitrogens with one attached hydrogen (secondary N) is 2. The Hall–Kier alpha value is -3.46. The molecule has 33 heavy (non-hydrogen) atoms. The van der Waals surface area contributed by atoms with Crippen molar-refractivity contribution in [2.24, 2.45) is 0 Å². The van der Waals surface area contributed by atoms with E-state index in [1.807, 2.05) is 0 Å². The van der Waals surface area contributed by atoms with Crippen LogP contribution in [-0.2, 0) is 5.60 Å². The summed E-state index contributed by atoms with van der Waals surface area (Å²) in [6.45, 7) is -0.687. The summed E-state index contributed by atoms with van der Waals surface area (Å²) in [7, 11) is 0. The smallest absolute Gasteiger partial charge is 0.326 e. The monoisotopic (exact) mass is 467 g/mol. The molecule has 0 saturated heterocycles. The fraction of sp³-hybridized carbons (Fsp3) is 0.167. The summed E-state index contributed by atoms with van der Waals surface area (Å²) in [5, 5.41) is 26.4. The van der Waals surface area contributed by atoms with Gasteiger partial charge in [0, 0.05) is 33.0 Å². The van der Waals surface area contributed by atoms with Crippen molar-refractivity contribution in [3.05, 3.63) is 93.8 Å². The minimum Gasteiger partial charge on any atom is -0.393 e. The maximum absolute atomic E-state index is 13.9. The molecule has 2 atom stereocenters. The average Bonchev–Trinajstić information content (AvgIpc) is 3.32. The van der Waals surface area contributed by atoms with Crippen LogP contribution in [0.4, 0.5) is 20.6 Å². The maximum atomic E-state index is 13.9. The summed E-state index contributed by atoms with van der Waals surface area (Å²) >= 11 is 6.29. The number of hydrogen-bond donors (Lipinski definition) is 4. The Morgan fingerprint density at radius 3 is 2.79 bits per heavy atom. The Kier molecular flexibility index (Phi) is 5.08. The second-order valence-electron chi connectivity index (χ2n) is 8.06. The first-order chi connectivity index (χ1) is 15.8. The summed E-state index contributed by atoms with van der Waals surface area (Å²) in [6, 6.07) is 14.2. The second-order valence-corrected chi connectivity index (χ2v) is 8.47. The van der Waals surface area contributed by atoms with Gasteiger partial charge in [-0.25, -0.2) is 9.18 Å². The lowest BCUT2D eigenvalue weighted by Crippen LogP contribution is -2.41. The van der Waals surface area contributed by atoms with Gasteiger partial charge in [0.05, 0.1) is 24.9 Å². The number of β-amino-alcohol motifs (C(OH)–C–C–N with tert-alkyl or cyclic N) is 1. The van der Waals surface area contributed by atoms with Crippen LogP contribution in [0.1, 0.15) is 33.1 Å². The molecule has 0 radical (unpaired) electrons. The normalized spacial score (nSPS) is 20.9. The zero-order chi connectivity index (χ0) is 23.3. The highest BCUT2D eigenvalue weighted by Gasteiger charge is 2.43. The molecule has 4 N–H and O–H groups in total. The van der Waals surface area contributed by atoms with E-state index in [0.29, 0.717) is 33.6 Å². The first kappa shape index (κ1) is 21.4. The summed E-state index contributed by atoms with van der Waals surface area (Å²) in [4.78, 5) is 27.2. The number of rotatable bonds is 3. The molecule has 0 aliphatic carbocycles. The number of fused-ring (bicyclic) bond motifs is 2. The van der Waals surface area contributed by atoms with Crippen LogP contribution in [0.15, 0.2) is 60.7 Å². The van der Waals surface area contributed by atoms with Crippen LogP contribution in [0.5, 0.6) is 0 Å². The molecule has 3 amide bonds. The van der Waals surface area contributed by atoms with Crippen LogP contribution in [0, 0.1) is 5.82 Å². The number of urea groups is 1. The van der Waals surface area contributed by atoms with Gasteiger partial charge in [0.1, 0.15) is 11.4 Å². The number of benzene rings is 3. The number of anilines is 2. The fourth-order valence-corrected chi connectivity index (χ4v) is 4.69. The molecule has 0 bridgehead atoms. The van der Waals surface area contributed by atoms with Crippen molar-refractivity contribution in [3.8, 4) is 0 Å². The molecule has 3 aromatic carbocycles. The Balaban J connectivity index is 1.52. The molecule has 2 heterocycles. The molecule has 0 saturated carbocycles. The Bertz CT molecular complexity index is 1300. The van der Waals surface area contributed by atoms with Gasteiger partial charge in [0.15, 0.2) is 0 Å². The number of para-hydroxylation sites is 1. The highest BCUT2D eigenvalue weighted by molar-refractivity contribution is 6.31. The number of hydrogen-bond acceptors (Lipinski definition) is 4. The molecule has 7 nitrogen and oxygen atoms in total. The number of halogens is 2. The van der Waals surface area contributed by atoms with E-state index in [0.717, 1.165) is 0 Å². The summed E-state index contributed by atoms with van der Waals surface area (Å²) in [6.07, 6.45) is 0. The lowest BCUT2D eigenvalue weighted by atomic mass is 9.96. The standard InChI is InChI=1S/C24H19ClFN3O4/c25-17-9-8-13(26)10-15(17)21-20-14(22(31)28-21)4-3-6-18(20)27-23(32)29-11-24(33,12-30)16-5-1-2-7-19(16)29/h1-10,21,30,33H,11-12H2,(H,27,32)(H,28,31)/t21-,24-/m1/s1. The highest BCUT2D eigenvalue weighted by atomic mass is 35.5. The van der Waals surface area contributed by atoms with E-state index < -0.39 is 30.1 Å². The first-order valence-electron chi connectivity index (χ1n) is 10.2. The number of amides is 3. The number of nitrogens with zero attached hydrogens (tertiary/aromatic N) is 1. The topological polar surface area (TPSA) is 102 Å². The van der Waals surface area contributed by atoms with Crippen molar-refractivity contribution >= 4 is 34.9 Å². The number of carbonyl (C=O) groups is 2. The van der Waals surface area contributed by atoms with Gasteiger partial charge in [0.25, 0.3) is 5.91 Å². The second kappa shape index (κ2) is 7.84. The number of carbonyl (C=O) groups excluding carboxylic acids is 2. The molecule has 0 spiro atoms. The average molecular weight is 468 g/mol. The quantitative estimate of drug-likeness (QED) is 0.473. The molecule has 168 valence electrons. The maximum Gasteiger partial charge on any atom is 0.326 e. The van der Waals surface area contributed by atoms with Gasteiger partial charge in [-0.2, -0.15) is 0 Å². The van der Waals surface area contributed by atoms with Crippen LogP contribution >= 0.6 is 11.6 Å². The van der Waals surface area contributed by atoms with Crippen molar-refractivity contribution in [2.75, 3.05) is 23.4 Å². The predicted octanol–water partition coefficient (Wildman–Crippen LogP) is 3.54. The Morgan fingerprint density at radius 1 is 1.21 bits per heavy atom. The molecule has 3 aromatic rings. The molecule has 0 unspecified atom stereocenters. The Labute approximate surface area is 193 Å². The van der Waals surface area contributed by atoms with E-state index in [1.54, 1.807) is 42.5 Å². The zero-order valence-electron chi connectivity index (χ0n) is 17.2. The summed E-state index contributed by atoms with van der Waals surface area (Å²) < 4.78 is 13.9. The lowest BCUT2D eigenvalue weighted by molar-refractivity contribution is -0.00381. The number of aliphatic hydroxyl groups is 2. The van der Waals surface area contributed by atoms with E-state index >= 15 is 0 Å². The Morgan fingerprint density at radius 2 is 2.00 bits per heavy atom. The molecular weight excluding hydrogens is 449 g/mol. The van der Waals surface area contributed by atoms with E-state index in [1.165, 1.54) is 23.1 Å². The largest absolute Gasteiger partial charge is 0.393 e. The van der Waals surface area contributed by atoms with Crippen LogP contribution in [0.3, 0.4) is 0 Å². The lowest BCUT2D eigenvalue weighted by Gasteiger charge is -2.23. The van der Waals surface area contributed by atoms with Crippen LogP contribution in [-0.4, -0.2) is 35.3 Å². The zero-order valence-corrected chi connectivity index (χ0v) is 17.9. The highest BCUT2D eigenvalue weighted by Crippen LogP contribution is 2.41. The van der Waals surface area contributed by atoms with Crippen molar-refractivity contribution in [1.82, 2.24) is 5.32 Å². The molecule has 2 aliphatic heterocycles.